The quantitative estimate of drug-likeness (QED) is 0.684. The van der Waals surface area contributed by atoms with Crippen molar-refractivity contribution < 1.29 is 9.32 Å². The third kappa shape index (κ3) is 3.84. The first-order valence-electron chi connectivity index (χ1n) is 10.6. The van der Waals surface area contributed by atoms with Gasteiger partial charge in [0.1, 0.15) is 12.6 Å². The molecule has 0 spiro atoms. The fourth-order valence-corrected chi connectivity index (χ4v) is 4.05. The minimum absolute atomic E-state index is 0.0257. The lowest BCUT2D eigenvalue weighted by atomic mass is 9.99. The molecular weight excluding hydrogens is 390 g/mol. The Kier molecular flexibility index (Phi) is 5.03. The number of aryl methyl sites for hydroxylation is 2. The zero-order valence-corrected chi connectivity index (χ0v) is 17.7. The normalized spacial score (nSPS) is 20.4. The Morgan fingerprint density at radius 1 is 1.10 bits per heavy atom. The number of hydrogen-bond acceptors (Lipinski definition) is 6. The van der Waals surface area contributed by atoms with Gasteiger partial charge in [-0.05, 0) is 30.9 Å². The summed E-state index contributed by atoms with van der Waals surface area (Å²) in [4.78, 5) is 19.2. The number of benzene rings is 2. The molecular formula is C24H25N5O2. The molecule has 7 nitrogen and oxygen atoms in total. The molecule has 2 unspecified atom stereocenters. The van der Waals surface area contributed by atoms with Gasteiger partial charge in [-0.2, -0.15) is 4.98 Å². The van der Waals surface area contributed by atoms with Crippen LogP contribution >= 0.6 is 0 Å². The second-order valence-electron chi connectivity index (χ2n) is 8.08. The van der Waals surface area contributed by atoms with Gasteiger partial charge in [-0.3, -0.25) is 4.79 Å². The maximum atomic E-state index is 13.1. The van der Waals surface area contributed by atoms with Crippen LogP contribution in [0.15, 0.2) is 65.5 Å². The van der Waals surface area contributed by atoms with Crippen LogP contribution in [0.3, 0.4) is 0 Å². The SMILES string of the molecule is CCc1ccc(C2CC3C(=O)N(Cc4nc(-c5ccc(C)cc5)no4)C=CN3N2)cc1. The van der Waals surface area contributed by atoms with Crippen LogP contribution in [0.1, 0.15) is 42.0 Å². The van der Waals surface area contributed by atoms with Crippen molar-refractivity contribution in [2.75, 3.05) is 0 Å². The summed E-state index contributed by atoms with van der Waals surface area (Å²) in [7, 11) is 0. The minimum Gasteiger partial charge on any atom is -0.337 e. The second kappa shape index (κ2) is 8.00. The van der Waals surface area contributed by atoms with Crippen LogP contribution in [0.2, 0.25) is 0 Å². The number of rotatable bonds is 5. The fraction of sp³-hybridized carbons (Fsp3) is 0.292. The van der Waals surface area contributed by atoms with E-state index in [0.717, 1.165) is 12.0 Å². The van der Waals surface area contributed by atoms with E-state index in [1.165, 1.54) is 16.7 Å². The Morgan fingerprint density at radius 3 is 2.61 bits per heavy atom. The van der Waals surface area contributed by atoms with E-state index >= 15 is 0 Å². The van der Waals surface area contributed by atoms with Gasteiger partial charge in [0.05, 0.1) is 6.04 Å². The van der Waals surface area contributed by atoms with E-state index in [9.17, 15) is 4.79 Å². The Hall–Kier alpha value is -3.45. The van der Waals surface area contributed by atoms with Crippen molar-refractivity contribution in [1.82, 2.24) is 25.5 Å². The molecule has 7 heteroatoms. The molecule has 1 saturated heterocycles. The lowest BCUT2D eigenvalue weighted by Gasteiger charge is -2.30. The largest absolute Gasteiger partial charge is 0.337 e. The first-order valence-corrected chi connectivity index (χ1v) is 10.6. The molecule has 1 aromatic heterocycles. The molecule has 1 fully saturated rings. The maximum Gasteiger partial charge on any atom is 0.251 e. The molecule has 3 aromatic rings. The summed E-state index contributed by atoms with van der Waals surface area (Å²) in [5.74, 6) is 0.973. The maximum absolute atomic E-state index is 13.1. The van der Waals surface area contributed by atoms with Gasteiger partial charge in [-0.1, -0.05) is 66.2 Å². The van der Waals surface area contributed by atoms with Gasteiger partial charge in [0.2, 0.25) is 11.7 Å². The molecule has 1 amide bonds. The Morgan fingerprint density at radius 2 is 1.87 bits per heavy atom. The number of nitrogens with zero attached hydrogens (tertiary/aromatic N) is 4. The molecule has 5 rings (SSSR count). The molecule has 0 aliphatic carbocycles. The van der Waals surface area contributed by atoms with E-state index in [2.05, 4.69) is 46.8 Å². The first kappa shape index (κ1) is 19.5. The van der Waals surface area contributed by atoms with Crippen LogP contribution in [-0.4, -0.2) is 32.0 Å². The summed E-state index contributed by atoms with van der Waals surface area (Å²) in [6.45, 7) is 4.44. The van der Waals surface area contributed by atoms with Gasteiger partial charge in [0.15, 0.2) is 0 Å². The number of hydrazine groups is 1. The highest BCUT2D eigenvalue weighted by Gasteiger charge is 2.40. The van der Waals surface area contributed by atoms with Crippen molar-refractivity contribution in [2.45, 2.75) is 45.3 Å². The van der Waals surface area contributed by atoms with Gasteiger partial charge in [-0.25, -0.2) is 5.43 Å². The third-order valence-electron chi connectivity index (χ3n) is 5.95. The van der Waals surface area contributed by atoms with Crippen molar-refractivity contribution in [1.29, 1.82) is 0 Å². The number of fused-ring (bicyclic) bond motifs is 1. The van der Waals surface area contributed by atoms with E-state index in [0.29, 0.717) is 18.1 Å². The van der Waals surface area contributed by atoms with E-state index < -0.39 is 0 Å². The number of aromatic nitrogens is 2. The minimum atomic E-state index is -0.250. The van der Waals surface area contributed by atoms with Crippen molar-refractivity contribution in [3.8, 4) is 11.4 Å². The van der Waals surface area contributed by atoms with Gasteiger partial charge in [-0.15, -0.1) is 0 Å². The lowest BCUT2D eigenvalue weighted by Crippen LogP contribution is -2.47. The van der Waals surface area contributed by atoms with Crippen LogP contribution in [0.5, 0.6) is 0 Å². The van der Waals surface area contributed by atoms with Crippen molar-refractivity contribution in [3.05, 3.63) is 83.5 Å². The van der Waals surface area contributed by atoms with Gasteiger partial charge >= 0.3 is 0 Å². The Balaban J connectivity index is 1.26. The molecule has 2 aliphatic heterocycles. The molecule has 3 heterocycles. The van der Waals surface area contributed by atoms with E-state index in [1.54, 1.807) is 11.1 Å². The zero-order valence-electron chi connectivity index (χ0n) is 17.7. The van der Waals surface area contributed by atoms with Crippen LogP contribution in [0, 0.1) is 6.92 Å². The molecule has 2 atom stereocenters. The monoisotopic (exact) mass is 415 g/mol. The number of carbonyl (C=O) groups is 1. The van der Waals surface area contributed by atoms with Crippen molar-refractivity contribution in [3.63, 3.8) is 0 Å². The molecule has 0 radical (unpaired) electrons. The van der Waals surface area contributed by atoms with Crippen LogP contribution < -0.4 is 5.43 Å². The lowest BCUT2D eigenvalue weighted by molar-refractivity contribution is -0.135. The third-order valence-corrected chi connectivity index (χ3v) is 5.95. The molecule has 0 saturated carbocycles. The smallest absolute Gasteiger partial charge is 0.251 e. The van der Waals surface area contributed by atoms with Crippen molar-refractivity contribution in [2.24, 2.45) is 0 Å². The Labute approximate surface area is 181 Å². The number of hydrogen-bond donors (Lipinski definition) is 1. The molecule has 0 bridgehead atoms. The average Bonchev–Trinajstić information content (AvgIpc) is 3.44. The van der Waals surface area contributed by atoms with Crippen LogP contribution in [-0.2, 0) is 17.8 Å². The highest BCUT2D eigenvalue weighted by Crippen LogP contribution is 2.31. The van der Waals surface area contributed by atoms with E-state index in [4.69, 9.17) is 4.52 Å². The van der Waals surface area contributed by atoms with E-state index in [1.807, 2.05) is 42.4 Å². The summed E-state index contributed by atoms with van der Waals surface area (Å²) < 4.78 is 5.41. The topological polar surface area (TPSA) is 74.5 Å². The molecule has 1 N–H and O–H groups in total. The highest BCUT2D eigenvalue weighted by molar-refractivity contribution is 5.84. The predicted molar refractivity (Wildman–Crippen MR) is 116 cm³/mol. The molecule has 31 heavy (non-hydrogen) atoms. The predicted octanol–water partition coefficient (Wildman–Crippen LogP) is 3.74. The van der Waals surface area contributed by atoms with Gasteiger partial charge in [0, 0.05) is 18.0 Å². The van der Waals surface area contributed by atoms with Crippen LogP contribution in [0.25, 0.3) is 11.4 Å². The standard InChI is InChI=1S/C24H25N5O2/c1-3-17-6-10-18(11-7-17)20-14-21-24(30)28(12-13-29(21)26-20)15-22-25-23(27-31-22)19-8-4-16(2)5-9-19/h4-13,20-21,26H,3,14-15H2,1-2H3. The fourth-order valence-electron chi connectivity index (χ4n) is 4.05. The van der Waals surface area contributed by atoms with Crippen LogP contribution in [0.4, 0.5) is 0 Å². The second-order valence-corrected chi connectivity index (χ2v) is 8.08. The van der Waals surface area contributed by atoms with Crippen molar-refractivity contribution >= 4 is 5.91 Å². The summed E-state index contributed by atoms with van der Waals surface area (Å²) >= 11 is 0. The zero-order chi connectivity index (χ0) is 21.4. The number of nitrogens with one attached hydrogen (secondary N) is 1. The van der Waals surface area contributed by atoms with E-state index in [-0.39, 0.29) is 24.5 Å². The highest BCUT2D eigenvalue weighted by atomic mass is 16.5. The summed E-state index contributed by atoms with van der Waals surface area (Å²) in [6, 6.07) is 16.4. The van der Waals surface area contributed by atoms with Gasteiger partial charge in [0.25, 0.3) is 5.91 Å². The molecule has 158 valence electrons. The molecule has 2 aliphatic rings. The number of carbonyl (C=O) groups excluding carboxylic acids is 1. The summed E-state index contributed by atoms with van der Waals surface area (Å²) in [6.07, 6.45) is 5.40. The Bertz CT molecular complexity index is 1100. The summed E-state index contributed by atoms with van der Waals surface area (Å²) in [5.41, 5.74) is 8.01. The number of amides is 1. The molecule has 2 aromatic carbocycles. The first-order chi connectivity index (χ1) is 15.1. The van der Waals surface area contributed by atoms with Gasteiger partial charge < -0.3 is 14.4 Å². The average molecular weight is 415 g/mol. The summed E-state index contributed by atoms with van der Waals surface area (Å²) in [5, 5.41) is 5.97.